The lowest BCUT2D eigenvalue weighted by Gasteiger charge is -2.07. The molecular weight excluding hydrogens is 148 g/mol. The number of aliphatic hydroxyl groups is 1. The topological polar surface area (TPSA) is 20.2 Å². The molecule has 0 amide bonds. The molecule has 0 fully saturated rings. The Morgan fingerprint density at radius 1 is 1.50 bits per heavy atom. The van der Waals surface area contributed by atoms with E-state index in [9.17, 15) is 5.11 Å². The van der Waals surface area contributed by atoms with Crippen LogP contribution < -0.4 is 0 Å². The molecule has 0 aliphatic rings. The molecule has 0 spiro atoms. The third-order valence-electron chi connectivity index (χ3n) is 1.24. The summed E-state index contributed by atoms with van der Waals surface area (Å²) < 4.78 is 0. The summed E-state index contributed by atoms with van der Waals surface area (Å²) in [6.45, 7) is 9.72. The van der Waals surface area contributed by atoms with Crippen LogP contribution in [0.1, 0.15) is 33.6 Å². The first-order chi connectivity index (χ1) is 5.45. The van der Waals surface area contributed by atoms with E-state index in [1.54, 1.807) is 6.08 Å². The van der Waals surface area contributed by atoms with E-state index >= 15 is 0 Å². The van der Waals surface area contributed by atoms with E-state index in [4.69, 9.17) is 0 Å². The molecule has 0 aliphatic carbocycles. The van der Waals surface area contributed by atoms with E-state index in [0.29, 0.717) is 12.8 Å². The maximum absolute atomic E-state index is 9.27. The lowest BCUT2D eigenvalue weighted by Crippen LogP contribution is -2.04. The lowest BCUT2D eigenvalue weighted by atomic mass is 9.97. The monoisotopic (exact) mass is 166 g/mol. The fraction of sp³-hybridized carbons (Fsp3) is 0.636. The molecule has 0 rings (SSSR count). The van der Waals surface area contributed by atoms with Crippen molar-refractivity contribution in [3.63, 3.8) is 0 Å². The molecule has 1 unspecified atom stereocenters. The third-order valence-corrected chi connectivity index (χ3v) is 1.24. The molecule has 1 atom stereocenters. The second-order valence-corrected chi connectivity index (χ2v) is 3.93. The standard InChI is InChI=1S/C11H18O/c1-5-7-10(12)8-6-9-11(2,3)4/h5,10,12H,1,7-8H2,2-4H3. The van der Waals surface area contributed by atoms with Crippen LogP contribution in [0.5, 0.6) is 0 Å². The second-order valence-electron chi connectivity index (χ2n) is 3.93. The summed E-state index contributed by atoms with van der Waals surface area (Å²) in [5.74, 6) is 6.03. The summed E-state index contributed by atoms with van der Waals surface area (Å²) in [7, 11) is 0. The minimum Gasteiger partial charge on any atom is -0.392 e. The van der Waals surface area contributed by atoms with Crippen molar-refractivity contribution in [2.45, 2.75) is 39.7 Å². The third kappa shape index (κ3) is 7.37. The molecule has 0 aromatic heterocycles. The van der Waals surface area contributed by atoms with Gasteiger partial charge < -0.3 is 5.11 Å². The Balaban J connectivity index is 3.78. The Labute approximate surface area is 75.5 Å². The quantitative estimate of drug-likeness (QED) is 0.504. The molecule has 68 valence electrons. The zero-order valence-corrected chi connectivity index (χ0v) is 8.22. The Morgan fingerprint density at radius 2 is 2.08 bits per heavy atom. The van der Waals surface area contributed by atoms with E-state index in [1.165, 1.54) is 0 Å². The highest BCUT2D eigenvalue weighted by molar-refractivity contribution is 5.08. The van der Waals surface area contributed by atoms with Crippen molar-refractivity contribution in [3.8, 4) is 11.8 Å². The van der Waals surface area contributed by atoms with E-state index in [1.807, 2.05) is 0 Å². The highest BCUT2D eigenvalue weighted by atomic mass is 16.3. The molecule has 0 bridgehead atoms. The largest absolute Gasteiger partial charge is 0.392 e. The smallest absolute Gasteiger partial charge is 0.0683 e. The van der Waals surface area contributed by atoms with Crippen LogP contribution in [0, 0.1) is 17.3 Å². The number of hydrogen-bond donors (Lipinski definition) is 1. The van der Waals surface area contributed by atoms with Crippen molar-refractivity contribution in [1.29, 1.82) is 0 Å². The molecule has 0 saturated carbocycles. The number of aliphatic hydroxyl groups excluding tert-OH is 1. The maximum Gasteiger partial charge on any atom is 0.0683 e. The highest BCUT2D eigenvalue weighted by Gasteiger charge is 2.03. The van der Waals surface area contributed by atoms with Crippen molar-refractivity contribution < 1.29 is 5.11 Å². The van der Waals surface area contributed by atoms with Gasteiger partial charge in [0, 0.05) is 11.8 Å². The summed E-state index contributed by atoms with van der Waals surface area (Å²) >= 11 is 0. The zero-order valence-electron chi connectivity index (χ0n) is 8.22. The average Bonchev–Trinajstić information content (AvgIpc) is 1.84. The molecule has 0 heterocycles. The van der Waals surface area contributed by atoms with Gasteiger partial charge in [-0.15, -0.1) is 12.5 Å². The SMILES string of the molecule is C=CCC(O)CC#CC(C)(C)C. The van der Waals surface area contributed by atoms with Crippen LogP contribution in [0.3, 0.4) is 0 Å². The maximum atomic E-state index is 9.27. The van der Waals surface area contributed by atoms with Gasteiger partial charge in [-0.1, -0.05) is 12.0 Å². The van der Waals surface area contributed by atoms with Crippen LogP contribution in [-0.4, -0.2) is 11.2 Å². The molecule has 1 nitrogen and oxygen atoms in total. The van der Waals surface area contributed by atoms with Crippen molar-refractivity contribution >= 4 is 0 Å². The van der Waals surface area contributed by atoms with Crippen LogP contribution >= 0.6 is 0 Å². The van der Waals surface area contributed by atoms with E-state index in [2.05, 4.69) is 39.2 Å². The van der Waals surface area contributed by atoms with Gasteiger partial charge in [-0.05, 0) is 27.2 Å². The zero-order chi connectivity index (χ0) is 9.61. The van der Waals surface area contributed by atoms with Crippen molar-refractivity contribution in [2.75, 3.05) is 0 Å². The molecule has 0 radical (unpaired) electrons. The van der Waals surface area contributed by atoms with Gasteiger partial charge in [-0.3, -0.25) is 0 Å². The Morgan fingerprint density at radius 3 is 2.50 bits per heavy atom. The van der Waals surface area contributed by atoms with Crippen molar-refractivity contribution in [2.24, 2.45) is 5.41 Å². The molecule has 0 saturated heterocycles. The first kappa shape index (κ1) is 11.3. The predicted octanol–water partition coefficient (Wildman–Crippen LogP) is 2.36. The Kier molecular flexibility index (Phi) is 4.70. The van der Waals surface area contributed by atoms with Gasteiger partial charge in [0.25, 0.3) is 0 Å². The fourth-order valence-corrected chi connectivity index (χ4v) is 0.710. The predicted molar refractivity (Wildman–Crippen MR) is 52.7 cm³/mol. The summed E-state index contributed by atoms with van der Waals surface area (Å²) in [4.78, 5) is 0. The number of rotatable bonds is 3. The summed E-state index contributed by atoms with van der Waals surface area (Å²) in [5, 5.41) is 9.27. The molecular formula is C11H18O. The van der Waals surface area contributed by atoms with Gasteiger partial charge in [0.05, 0.1) is 6.10 Å². The van der Waals surface area contributed by atoms with Gasteiger partial charge in [0.1, 0.15) is 0 Å². The van der Waals surface area contributed by atoms with Crippen LogP contribution in [0.15, 0.2) is 12.7 Å². The Bertz CT molecular complexity index is 187. The average molecular weight is 166 g/mol. The molecule has 1 N–H and O–H groups in total. The first-order valence-corrected chi connectivity index (χ1v) is 4.24. The molecule has 0 aromatic rings. The molecule has 12 heavy (non-hydrogen) atoms. The highest BCUT2D eigenvalue weighted by Crippen LogP contribution is 2.10. The molecule has 0 aromatic carbocycles. The summed E-state index contributed by atoms with van der Waals surface area (Å²) in [6, 6.07) is 0. The van der Waals surface area contributed by atoms with Gasteiger partial charge in [0.15, 0.2) is 0 Å². The van der Waals surface area contributed by atoms with Crippen molar-refractivity contribution in [1.82, 2.24) is 0 Å². The van der Waals surface area contributed by atoms with Gasteiger partial charge in [-0.2, -0.15) is 0 Å². The van der Waals surface area contributed by atoms with E-state index in [0.717, 1.165) is 0 Å². The van der Waals surface area contributed by atoms with Crippen LogP contribution in [0.2, 0.25) is 0 Å². The second kappa shape index (κ2) is 5.00. The molecule has 0 aliphatic heterocycles. The lowest BCUT2D eigenvalue weighted by molar-refractivity contribution is 0.183. The first-order valence-electron chi connectivity index (χ1n) is 4.24. The minimum absolute atomic E-state index is 0.0356. The van der Waals surface area contributed by atoms with Gasteiger partial charge in [0.2, 0.25) is 0 Å². The Hall–Kier alpha value is -0.740. The van der Waals surface area contributed by atoms with Crippen LogP contribution in [0.4, 0.5) is 0 Å². The minimum atomic E-state index is -0.350. The van der Waals surface area contributed by atoms with Gasteiger partial charge in [-0.25, -0.2) is 0 Å². The normalized spacial score (nSPS) is 13.0. The number of hydrogen-bond acceptors (Lipinski definition) is 1. The van der Waals surface area contributed by atoms with Gasteiger partial charge >= 0.3 is 0 Å². The summed E-state index contributed by atoms with van der Waals surface area (Å²) in [5.41, 5.74) is 0.0356. The fourth-order valence-electron chi connectivity index (χ4n) is 0.710. The van der Waals surface area contributed by atoms with E-state index in [-0.39, 0.29) is 11.5 Å². The van der Waals surface area contributed by atoms with Crippen molar-refractivity contribution in [3.05, 3.63) is 12.7 Å². The summed E-state index contributed by atoms with van der Waals surface area (Å²) in [6.07, 6.45) is 2.53. The van der Waals surface area contributed by atoms with E-state index < -0.39 is 0 Å². The van der Waals surface area contributed by atoms with Crippen LogP contribution in [0.25, 0.3) is 0 Å². The van der Waals surface area contributed by atoms with Crippen LogP contribution in [-0.2, 0) is 0 Å². The molecule has 1 heteroatoms.